The Labute approximate surface area is 97.5 Å². The second kappa shape index (κ2) is 5.64. The Morgan fingerprint density at radius 1 is 1.00 bits per heavy atom. The summed E-state index contributed by atoms with van der Waals surface area (Å²) >= 11 is 0. The van der Waals surface area contributed by atoms with Crippen molar-refractivity contribution in [1.29, 1.82) is 0 Å². The number of ether oxygens (including phenoxy) is 1. The van der Waals surface area contributed by atoms with E-state index in [0.717, 1.165) is 0 Å². The van der Waals surface area contributed by atoms with Gasteiger partial charge in [-0.1, -0.05) is 0 Å². The molecule has 1 N–H and O–H groups in total. The molecular formula is C11H11NO5. The molecule has 17 heavy (non-hydrogen) atoms. The predicted molar refractivity (Wildman–Crippen MR) is 57.0 cm³/mol. The lowest BCUT2D eigenvalue weighted by Gasteiger charge is -2.04. The first-order chi connectivity index (χ1) is 7.99. The Morgan fingerprint density at radius 2 is 1.59 bits per heavy atom. The number of carbonyl (C=O) groups is 3. The highest BCUT2D eigenvalue weighted by molar-refractivity contribution is 5.94. The standard InChI is InChI=1S/C11H11NO5/c1-7(13)16-10-5-3-9(4-6-10)11(15)12-17-8(2)14/h3-6H,1-2H3,(H,12,15). The van der Waals surface area contributed by atoms with Crippen LogP contribution in [-0.4, -0.2) is 17.8 Å². The number of rotatable bonds is 2. The van der Waals surface area contributed by atoms with Gasteiger partial charge in [0.1, 0.15) is 5.75 Å². The minimum absolute atomic E-state index is 0.280. The van der Waals surface area contributed by atoms with Gasteiger partial charge in [0, 0.05) is 19.4 Å². The van der Waals surface area contributed by atoms with Gasteiger partial charge in [-0.15, -0.1) is 0 Å². The molecule has 0 atom stereocenters. The van der Waals surface area contributed by atoms with Crippen molar-refractivity contribution in [2.45, 2.75) is 13.8 Å². The Kier molecular flexibility index (Phi) is 4.21. The zero-order chi connectivity index (χ0) is 12.8. The summed E-state index contributed by atoms with van der Waals surface area (Å²) < 4.78 is 4.79. The maximum Gasteiger partial charge on any atom is 0.329 e. The maximum absolute atomic E-state index is 11.4. The van der Waals surface area contributed by atoms with Crippen LogP contribution in [0.1, 0.15) is 24.2 Å². The largest absolute Gasteiger partial charge is 0.427 e. The minimum Gasteiger partial charge on any atom is -0.427 e. The molecule has 1 rings (SSSR count). The van der Waals surface area contributed by atoms with Gasteiger partial charge in [-0.25, -0.2) is 0 Å². The van der Waals surface area contributed by atoms with E-state index in [1.807, 2.05) is 5.48 Å². The van der Waals surface area contributed by atoms with Crippen LogP contribution < -0.4 is 10.2 Å². The Bertz CT molecular complexity index is 438. The molecule has 0 heterocycles. The summed E-state index contributed by atoms with van der Waals surface area (Å²) in [6, 6.07) is 5.81. The summed E-state index contributed by atoms with van der Waals surface area (Å²) in [5, 5.41) is 0. The van der Waals surface area contributed by atoms with Crippen LogP contribution in [0.5, 0.6) is 5.75 Å². The SMILES string of the molecule is CC(=O)ONC(=O)c1ccc(OC(C)=O)cc1. The fourth-order valence-electron chi connectivity index (χ4n) is 1.02. The zero-order valence-corrected chi connectivity index (χ0v) is 9.35. The van der Waals surface area contributed by atoms with Gasteiger partial charge in [0.2, 0.25) is 0 Å². The minimum atomic E-state index is -0.616. The van der Waals surface area contributed by atoms with Crippen molar-refractivity contribution in [1.82, 2.24) is 5.48 Å². The van der Waals surface area contributed by atoms with E-state index >= 15 is 0 Å². The molecule has 0 saturated heterocycles. The maximum atomic E-state index is 11.4. The molecule has 6 heteroatoms. The van der Waals surface area contributed by atoms with Gasteiger partial charge in [-0.05, 0) is 24.3 Å². The molecule has 0 radical (unpaired) electrons. The van der Waals surface area contributed by atoms with Crippen LogP contribution in [0.3, 0.4) is 0 Å². The first kappa shape index (κ1) is 12.7. The molecule has 90 valence electrons. The van der Waals surface area contributed by atoms with Crippen molar-refractivity contribution in [3.63, 3.8) is 0 Å². The van der Waals surface area contributed by atoms with Crippen molar-refractivity contribution in [3.8, 4) is 5.75 Å². The van der Waals surface area contributed by atoms with Crippen LogP contribution in [0.15, 0.2) is 24.3 Å². The van der Waals surface area contributed by atoms with E-state index in [4.69, 9.17) is 4.74 Å². The number of nitrogens with one attached hydrogen (secondary N) is 1. The third-order valence-electron chi connectivity index (χ3n) is 1.67. The van der Waals surface area contributed by atoms with Crippen molar-refractivity contribution < 1.29 is 24.0 Å². The highest BCUT2D eigenvalue weighted by atomic mass is 16.7. The number of esters is 1. The summed E-state index contributed by atoms with van der Waals surface area (Å²) in [5.74, 6) is -1.28. The lowest BCUT2D eigenvalue weighted by atomic mass is 10.2. The fraction of sp³-hybridized carbons (Fsp3) is 0.182. The first-order valence-electron chi connectivity index (χ1n) is 4.75. The highest BCUT2D eigenvalue weighted by Gasteiger charge is 2.07. The number of amides is 1. The molecule has 0 aliphatic rings. The van der Waals surface area contributed by atoms with Gasteiger partial charge in [-0.3, -0.25) is 14.4 Å². The Balaban J connectivity index is 2.63. The predicted octanol–water partition coefficient (Wildman–Crippen LogP) is 0.820. The summed E-state index contributed by atoms with van der Waals surface area (Å²) in [4.78, 5) is 36.8. The molecule has 0 spiro atoms. The average molecular weight is 237 g/mol. The van der Waals surface area contributed by atoms with Gasteiger partial charge >= 0.3 is 11.9 Å². The molecule has 0 aromatic heterocycles. The lowest BCUT2D eigenvalue weighted by Crippen LogP contribution is -2.25. The van der Waals surface area contributed by atoms with Crippen molar-refractivity contribution in [2.24, 2.45) is 0 Å². The lowest BCUT2D eigenvalue weighted by molar-refractivity contribution is -0.146. The van der Waals surface area contributed by atoms with Crippen molar-refractivity contribution in [2.75, 3.05) is 0 Å². The normalized spacial score (nSPS) is 9.29. The number of benzene rings is 1. The van der Waals surface area contributed by atoms with E-state index in [1.54, 1.807) is 0 Å². The van der Waals surface area contributed by atoms with E-state index in [0.29, 0.717) is 5.75 Å². The Morgan fingerprint density at radius 3 is 2.06 bits per heavy atom. The third-order valence-corrected chi connectivity index (χ3v) is 1.67. The molecule has 0 bridgehead atoms. The summed E-state index contributed by atoms with van der Waals surface area (Å²) in [7, 11) is 0. The number of hydrogen-bond acceptors (Lipinski definition) is 5. The number of hydroxylamine groups is 1. The van der Waals surface area contributed by atoms with Crippen molar-refractivity contribution >= 4 is 17.8 Å². The van der Waals surface area contributed by atoms with Crippen LogP contribution in [-0.2, 0) is 14.4 Å². The molecule has 0 fully saturated rings. The van der Waals surface area contributed by atoms with E-state index in [1.165, 1.54) is 38.1 Å². The van der Waals surface area contributed by atoms with E-state index in [2.05, 4.69) is 4.84 Å². The topological polar surface area (TPSA) is 81.7 Å². The number of hydrogen-bond donors (Lipinski definition) is 1. The fourth-order valence-corrected chi connectivity index (χ4v) is 1.02. The smallest absolute Gasteiger partial charge is 0.329 e. The van der Waals surface area contributed by atoms with Gasteiger partial charge in [0.05, 0.1) is 0 Å². The molecule has 1 aromatic rings. The van der Waals surface area contributed by atoms with Crippen LogP contribution in [0, 0.1) is 0 Å². The molecule has 1 aromatic carbocycles. The van der Waals surface area contributed by atoms with Crippen LogP contribution in [0.25, 0.3) is 0 Å². The molecule has 0 saturated carbocycles. The molecule has 0 aliphatic heterocycles. The first-order valence-corrected chi connectivity index (χ1v) is 4.75. The Hall–Kier alpha value is -2.37. The monoisotopic (exact) mass is 237 g/mol. The van der Waals surface area contributed by atoms with Crippen molar-refractivity contribution in [3.05, 3.63) is 29.8 Å². The van der Waals surface area contributed by atoms with E-state index in [-0.39, 0.29) is 5.56 Å². The van der Waals surface area contributed by atoms with Crippen LogP contribution >= 0.6 is 0 Å². The zero-order valence-electron chi connectivity index (χ0n) is 9.35. The summed E-state index contributed by atoms with van der Waals surface area (Å²) in [6.07, 6.45) is 0. The van der Waals surface area contributed by atoms with Gasteiger partial charge in [0.25, 0.3) is 5.91 Å². The van der Waals surface area contributed by atoms with Gasteiger partial charge < -0.3 is 9.57 Å². The highest BCUT2D eigenvalue weighted by Crippen LogP contribution is 2.12. The average Bonchev–Trinajstić information content (AvgIpc) is 2.26. The quantitative estimate of drug-likeness (QED) is 0.468. The molecule has 0 unspecified atom stereocenters. The van der Waals surface area contributed by atoms with Gasteiger partial charge in [0.15, 0.2) is 0 Å². The molecular weight excluding hydrogens is 226 g/mol. The summed E-state index contributed by atoms with van der Waals surface area (Å²) in [6.45, 7) is 2.45. The van der Waals surface area contributed by atoms with Crippen LogP contribution in [0.2, 0.25) is 0 Å². The molecule has 1 amide bonds. The second-order valence-corrected chi connectivity index (χ2v) is 3.14. The van der Waals surface area contributed by atoms with Gasteiger partial charge in [-0.2, -0.15) is 5.48 Å². The number of carbonyl (C=O) groups excluding carboxylic acids is 3. The third kappa shape index (κ3) is 4.33. The van der Waals surface area contributed by atoms with Crippen LogP contribution in [0.4, 0.5) is 0 Å². The summed E-state index contributed by atoms with van der Waals surface area (Å²) in [5.41, 5.74) is 2.24. The molecule has 6 nitrogen and oxygen atoms in total. The van der Waals surface area contributed by atoms with E-state index in [9.17, 15) is 14.4 Å². The second-order valence-electron chi connectivity index (χ2n) is 3.14. The van der Waals surface area contributed by atoms with E-state index < -0.39 is 17.8 Å². The molecule has 0 aliphatic carbocycles.